The van der Waals surface area contributed by atoms with Crippen molar-refractivity contribution in [2.24, 2.45) is 7.05 Å². The first-order chi connectivity index (χ1) is 9.96. The van der Waals surface area contributed by atoms with E-state index in [1.165, 1.54) is 26.4 Å². The minimum absolute atomic E-state index is 0.0572. The monoisotopic (exact) mass is 311 g/mol. The Labute approximate surface area is 123 Å². The molecule has 0 bridgehead atoms. The van der Waals surface area contributed by atoms with Crippen molar-refractivity contribution in [1.82, 2.24) is 14.5 Å². The third-order valence-electron chi connectivity index (χ3n) is 2.87. The Kier molecular flexibility index (Phi) is 4.49. The molecule has 2 rings (SSSR count). The summed E-state index contributed by atoms with van der Waals surface area (Å²) in [6.07, 6.45) is 1.75. The molecule has 0 unspecified atom stereocenters. The lowest BCUT2D eigenvalue weighted by atomic mass is 10.3. The lowest BCUT2D eigenvalue weighted by molar-refractivity contribution is 0.386. The van der Waals surface area contributed by atoms with Gasteiger partial charge in [0.1, 0.15) is 16.4 Å². The average molecular weight is 311 g/mol. The van der Waals surface area contributed by atoms with Crippen LogP contribution in [0.2, 0.25) is 0 Å². The first-order valence-electron chi connectivity index (χ1n) is 6.16. The van der Waals surface area contributed by atoms with Crippen molar-refractivity contribution in [2.75, 3.05) is 14.2 Å². The van der Waals surface area contributed by atoms with E-state index in [1.54, 1.807) is 30.1 Å². The van der Waals surface area contributed by atoms with E-state index >= 15 is 0 Å². The summed E-state index contributed by atoms with van der Waals surface area (Å²) in [6, 6.07) is 6.28. The van der Waals surface area contributed by atoms with Gasteiger partial charge in [0, 0.05) is 19.3 Å². The summed E-state index contributed by atoms with van der Waals surface area (Å²) in [5.41, 5.74) is 0.633. The lowest BCUT2D eigenvalue weighted by Crippen LogP contribution is -2.24. The Balaban J connectivity index is 2.22. The van der Waals surface area contributed by atoms with Crippen molar-refractivity contribution in [3.8, 4) is 11.5 Å². The van der Waals surface area contributed by atoms with Gasteiger partial charge in [0.2, 0.25) is 10.0 Å². The zero-order valence-corrected chi connectivity index (χ0v) is 12.8. The van der Waals surface area contributed by atoms with Gasteiger partial charge in [-0.2, -0.15) is 5.10 Å². The van der Waals surface area contributed by atoms with Crippen molar-refractivity contribution in [2.45, 2.75) is 11.4 Å². The van der Waals surface area contributed by atoms with Gasteiger partial charge in [-0.3, -0.25) is 4.68 Å². The molecule has 114 valence electrons. The molecule has 0 aliphatic rings. The van der Waals surface area contributed by atoms with Gasteiger partial charge in [0.05, 0.1) is 26.5 Å². The van der Waals surface area contributed by atoms with Crippen LogP contribution in [0.1, 0.15) is 5.69 Å². The number of nitrogens with zero attached hydrogens (tertiary/aromatic N) is 2. The zero-order valence-electron chi connectivity index (χ0n) is 12.0. The first-order valence-corrected chi connectivity index (χ1v) is 7.65. The highest BCUT2D eigenvalue weighted by Gasteiger charge is 2.20. The highest BCUT2D eigenvalue weighted by atomic mass is 32.2. The Morgan fingerprint density at radius 3 is 2.57 bits per heavy atom. The van der Waals surface area contributed by atoms with Crippen LogP contribution in [0.4, 0.5) is 0 Å². The Bertz CT molecular complexity index is 725. The first kappa shape index (κ1) is 15.3. The molecule has 1 N–H and O–H groups in total. The summed E-state index contributed by atoms with van der Waals surface area (Å²) in [5.74, 6) is 0.749. The van der Waals surface area contributed by atoms with E-state index in [2.05, 4.69) is 9.82 Å². The molecule has 21 heavy (non-hydrogen) atoms. The Morgan fingerprint density at radius 2 is 2.00 bits per heavy atom. The second kappa shape index (κ2) is 6.15. The number of hydrogen-bond donors (Lipinski definition) is 1. The fourth-order valence-corrected chi connectivity index (χ4v) is 2.95. The van der Waals surface area contributed by atoms with Gasteiger partial charge in [-0.15, -0.1) is 0 Å². The van der Waals surface area contributed by atoms with Crippen LogP contribution in [0.25, 0.3) is 0 Å². The van der Waals surface area contributed by atoms with Gasteiger partial charge in [-0.05, 0) is 18.2 Å². The van der Waals surface area contributed by atoms with Crippen LogP contribution >= 0.6 is 0 Å². The summed E-state index contributed by atoms with van der Waals surface area (Å²) in [6.45, 7) is 0.109. The van der Waals surface area contributed by atoms with Crippen molar-refractivity contribution in [3.05, 3.63) is 36.2 Å². The van der Waals surface area contributed by atoms with Crippen molar-refractivity contribution < 1.29 is 17.9 Å². The topological polar surface area (TPSA) is 82.5 Å². The molecule has 0 saturated carbocycles. The molecule has 0 saturated heterocycles. The largest absolute Gasteiger partial charge is 0.497 e. The number of methoxy groups -OCH3 is 2. The number of aryl methyl sites for hydroxylation is 1. The van der Waals surface area contributed by atoms with Crippen LogP contribution in [0.15, 0.2) is 35.4 Å². The third-order valence-corrected chi connectivity index (χ3v) is 4.31. The van der Waals surface area contributed by atoms with Gasteiger partial charge >= 0.3 is 0 Å². The molecule has 1 aromatic heterocycles. The van der Waals surface area contributed by atoms with Crippen molar-refractivity contribution in [1.29, 1.82) is 0 Å². The van der Waals surface area contributed by atoms with Crippen molar-refractivity contribution in [3.63, 3.8) is 0 Å². The quantitative estimate of drug-likeness (QED) is 0.857. The van der Waals surface area contributed by atoms with Crippen LogP contribution in [-0.2, 0) is 23.6 Å². The van der Waals surface area contributed by atoms with Gasteiger partial charge in [-0.25, -0.2) is 13.1 Å². The molecule has 7 nitrogen and oxygen atoms in total. The Morgan fingerprint density at radius 1 is 1.24 bits per heavy atom. The molecule has 0 spiro atoms. The summed E-state index contributed by atoms with van der Waals surface area (Å²) < 4.78 is 38.9. The normalized spacial score (nSPS) is 11.4. The number of benzene rings is 1. The van der Waals surface area contributed by atoms with Crippen LogP contribution in [-0.4, -0.2) is 32.4 Å². The average Bonchev–Trinajstić information content (AvgIpc) is 2.90. The number of rotatable bonds is 6. The van der Waals surface area contributed by atoms with Gasteiger partial charge < -0.3 is 9.47 Å². The molecule has 8 heteroatoms. The summed E-state index contributed by atoms with van der Waals surface area (Å²) in [5, 5.41) is 4.12. The predicted octanol–water partition coefficient (Wildman–Crippen LogP) is 0.916. The predicted molar refractivity (Wildman–Crippen MR) is 76.8 cm³/mol. The number of nitrogens with one attached hydrogen (secondary N) is 1. The van der Waals surface area contributed by atoms with Crippen LogP contribution < -0.4 is 14.2 Å². The Hall–Kier alpha value is -2.06. The second-order valence-electron chi connectivity index (χ2n) is 4.32. The summed E-state index contributed by atoms with van der Waals surface area (Å²) in [4.78, 5) is 0.0572. The molecule has 0 aliphatic carbocycles. The van der Waals surface area contributed by atoms with Crippen molar-refractivity contribution >= 4 is 10.0 Å². The van der Waals surface area contributed by atoms with E-state index in [1.807, 2.05) is 0 Å². The van der Waals surface area contributed by atoms with Gasteiger partial charge in [0.25, 0.3) is 0 Å². The molecular weight excluding hydrogens is 294 g/mol. The van der Waals surface area contributed by atoms with E-state index in [9.17, 15) is 8.42 Å². The molecule has 1 aromatic carbocycles. The molecule has 0 atom stereocenters. The number of hydrogen-bond acceptors (Lipinski definition) is 5. The lowest BCUT2D eigenvalue weighted by Gasteiger charge is -2.11. The van der Waals surface area contributed by atoms with E-state index in [0.717, 1.165) is 0 Å². The summed E-state index contributed by atoms with van der Waals surface area (Å²) >= 11 is 0. The molecular formula is C13H17N3O4S. The number of ether oxygens (including phenoxy) is 2. The van der Waals surface area contributed by atoms with E-state index < -0.39 is 10.0 Å². The standard InChI is InChI=1S/C13H17N3O4S/c1-16-7-6-10(15-16)9-14-21(17,18)13-5-4-11(19-2)8-12(13)20-3/h4-8,14H,9H2,1-3H3. The third kappa shape index (κ3) is 3.53. The molecule has 0 radical (unpaired) electrons. The van der Waals surface area contributed by atoms with Crippen LogP contribution in [0.3, 0.4) is 0 Å². The molecule has 0 amide bonds. The molecule has 0 aliphatic heterocycles. The van der Waals surface area contributed by atoms with Crippen LogP contribution in [0, 0.1) is 0 Å². The highest BCUT2D eigenvalue weighted by Crippen LogP contribution is 2.28. The zero-order chi connectivity index (χ0) is 15.5. The van der Waals surface area contributed by atoms with Crippen LogP contribution in [0.5, 0.6) is 11.5 Å². The minimum atomic E-state index is -3.70. The molecule has 2 aromatic rings. The van der Waals surface area contributed by atoms with Gasteiger partial charge in [0.15, 0.2) is 0 Å². The second-order valence-corrected chi connectivity index (χ2v) is 6.06. The highest BCUT2D eigenvalue weighted by molar-refractivity contribution is 7.89. The van der Waals surface area contributed by atoms with Gasteiger partial charge in [-0.1, -0.05) is 0 Å². The van der Waals surface area contributed by atoms with E-state index in [0.29, 0.717) is 11.4 Å². The fourth-order valence-electron chi connectivity index (χ4n) is 1.80. The maximum absolute atomic E-state index is 12.3. The minimum Gasteiger partial charge on any atom is -0.497 e. The SMILES string of the molecule is COc1ccc(S(=O)(=O)NCc2ccn(C)n2)c(OC)c1. The number of sulfonamides is 1. The maximum atomic E-state index is 12.3. The maximum Gasteiger partial charge on any atom is 0.244 e. The fraction of sp³-hybridized carbons (Fsp3) is 0.308. The van der Waals surface area contributed by atoms with E-state index in [4.69, 9.17) is 9.47 Å². The van der Waals surface area contributed by atoms with E-state index in [-0.39, 0.29) is 17.2 Å². The molecule has 1 heterocycles. The summed E-state index contributed by atoms with van der Waals surface area (Å²) in [7, 11) is 0.983. The smallest absolute Gasteiger partial charge is 0.244 e. The number of aromatic nitrogens is 2. The molecule has 0 fully saturated rings.